The van der Waals surface area contributed by atoms with E-state index < -0.39 is 0 Å². The Labute approximate surface area is 153 Å². The summed E-state index contributed by atoms with van der Waals surface area (Å²) < 4.78 is 0. The van der Waals surface area contributed by atoms with E-state index in [0.717, 1.165) is 18.5 Å². The van der Waals surface area contributed by atoms with Crippen molar-refractivity contribution in [2.75, 3.05) is 13.6 Å². The van der Waals surface area contributed by atoms with E-state index in [9.17, 15) is 0 Å². The van der Waals surface area contributed by atoms with E-state index in [-0.39, 0.29) is 0 Å². The minimum atomic E-state index is 0.390. The molecule has 0 bridgehead atoms. The lowest BCUT2D eigenvalue weighted by molar-refractivity contribution is 0.577. The quantitative estimate of drug-likeness (QED) is 0.363. The molecule has 4 N–H and O–H groups in total. The molecule has 0 radical (unpaired) electrons. The van der Waals surface area contributed by atoms with Crippen molar-refractivity contribution in [1.82, 2.24) is 4.90 Å². The van der Waals surface area contributed by atoms with Crippen molar-refractivity contribution in [1.29, 1.82) is 0 Å². The second-order valence-corrected chi connectivity index (χ2v) is 6.43. The van der Waals surface area contributed by atoms with Gasteiger partial charge in [-0.15, -0.1) is 0 Å². The van der Waals surface area contributed by atoms with Crippen LogP contribution < -0.4 is 11.5 Å². The van der Waals surface area contributed by atoms with Crippen molar-refractivity contribution in [2.45, 2.75) is 64.8 Å². The van der Waals surface area contributed by atoms with Crippen LogP contribution in [0.3, 0.4) is 0 Å². The molecule has 140 valence electrons. The normalized spacial score (nSPS) is 12.4. The maximum Gasteiger partial charge on any atom is 0.198 e. The molecule has 25 heavy (non-hydrogen) atoms. The van der Waals surface area contributed by atoms with Gasteiger partial charge in [0.05, 0.1) is 6.54 Å². The van der Waals surface area contributed by atoms with Gasteiger partial charge in [-0.05, 0) is 12.0 Å². The number of benzene rings is 1. The van der Waals surface area contributed by atoms with Gasteiger partial charge in [-0.1, -0.05) is 82.2 Å². The van der Waals surface area contributed by atoms with Crippen LogP contribution in [0.15, 0.2) is 40.3 Å². The highest BCUT2D eigenvalue weighted by Gasteiger charge is 2.05. The third-order valence-corrected chi connectivity index (χ3v) is 4.24. The summed E-state index contributed by atoms with van der Waals surface area (Å²) >= 11 is 0. The van der Waals surface area contributed by atoms with Crippen molar-refractivity contribution in [3.8, 4) is 0 Å². The van der Waals surface area contributed by atoms with Gasteiger partial charge >= 0.3 is 0 Å². The van der Waals surface area contributed by atoms with E-state index in [1.807, 2.05) is 30.3 Å². The summed E-state index contributed by atoms with van der Waals surface area (Å²) in [6.07, 6.45) is 10.3. The van der Waals surface area contributed by atoms with E-state index in [2.05, 4.69) is 16.9 Å². The predicted octanol–water partition coefficient (Wildman–Crippen LogP) is 3.89. The van der Waals surface area contributed by atoms with Crippen LogP contribution in [0, 0.1) is 0 Å². The fraction of sp³-hybridized carbons (Fsp3) is 0.600. The first-order valence-corrected chi connectivity index (χ1v) is 9.52. The van der Waals surface area contributed by atoms with Gasteiger partial charge in [0.15, 0.2) is 11.9 Å². The molecule has 0 aliphatic heterocycles. The monoisotopic (exact) mass is 345 g/mol. The molecule has 0 heterocycles. The summed E-state index contributed by atoms with van der Waals surface area (Å²) in [5, 5.41) is 0. The largest absolute Gasteiger partial charge is 0.369 e. The van der Waals surface area contributed by atoms with Gasteiger partial charge in [-0.2, -0.15) is 0 Å². The van der Waals surface area contributed by atoms with E-state index in [0.29, 0.717) is 18.5 Å². The van der Waals surface area contributed by atoms with Crippen LogP contribution in [0.1, 0.15) is 63.9 Å². The van der Waals surface area contributed by atoms with Gasteiger partial charge in [0.2, 0.25) is 0 Å². The molecule has 0 aromatic heterocycles. The molecule has 0 unspecified atom stereocenters. The Morgan fingerprint density at radius 2 is 1.40 bits per heavy atom. The smallest absolute Gasteiger partial charge is 0.198 e. The molecule has 0 saturated carbocycles. The van der Waals surface area contributed by atoms with Crippen molar-refractivity contribution < 1.29 is 0 Å². The molecule has 0 aliphatic rings. The number of guanidine groups is 2. The topological polar surface area (TPSA) is 80.0 Å². The molecule has 0 spiro atoms. The van der Waals surface area contributed by atoms with Gasteiger partial charge in [0, 0.05) is 13.6 Å². The van der Waals surface area contributed by atoms with Crippen LogP contribution in [0.25, 0.3) is 0 Å². The van der Waals surface area contributed by atoms with Crippen LogP contribution in [-0.2, 0) is 6.54 Å². The maximum absolute atomic E-state index is 6.00. The first-order chi connectivity index (χ1) is 12.1. The Morgan fingerprint density at radius 3 is 2.04 bits per heavy atom. The van der Waals surface area contributed by atoms with Crippen molar-refractivity contribution >= 4 is 11.9 Å². The average Bonchev–Trinajstić information content (AvgIpc) is 2.64. The van der Waals surface area contributed by atoms with Gasteiger partial charge in [-0.25, -0.2) is 4.99 Å². The lowest BCUT2D eigenvalue weighted by Crippen LogP contribution is -2.43. The number of nitrogens with zero attached hydrogens (tertiary/aromatic N) is 3. The number of hydrogen-bond donors (Lipinski definition) is 2. The van der Waals surface area contributed by atoms with Crippen LogP contribution in [-0.4, -0.2) is 30.4 Å². The molecule has 1 rings (SSSR count). The van der Waals surface area contributed by atoms with Gasteiger partial charge in [-0.3, -0.25) is 9.89 Å². The molecule has 0 atom stereocenters. The van der Waals surface area contributed by atoms with E-state index >= 15 is 0 Å². The number of aliphatic imine (C=N–C) groups is 2. The summed E-state index contributed by atoms with van der Waals surface area (Å²) in [6.45, 7) is 3.54. The zero-order valence-electron chi connectivity index (χ0n) is 16.0. The van der Waals surface area contributed by atoms with Crippen LogP contribution in [0.5, 0.6) is 0 Å². The summed E-state index contributed by atoms with van der Waals surface area (Å²) in [5.41, 5.74) is 13.1. The van der Waals surface area contributed by atoms with Gasteiger partial charge in [0.25, 0.3) is 0 Å². The Morgan fingerprint density at radius 1 is 0.840 bits per heavy atom. The minimum Gasteiger partial charge on any atom is -0.369 e. The summed E-state index contributed by atoms with van der Waals surface area (Å²) in [5.74, 6) is 0.818. The summed E-state index contributed by atoms with van der Waals surface area (Å²) in [6, 6.07) is 10.0. The molecule has 1 aromatic rings. The molecule has 0 fully saturated rings. The third kappa shape index (κ3) is 9.75. The molecular formula is C20H35N5. The molecule has 0 aliphatic carbocycles. The minimum absolute atomic E-state index is 0.390. The van der Waals surface area contributed by atoms with Crippen LogP contribution >= 0.6 is 0 Å². The fourth-order valence-electron chi connectivity index (χ4n) is 2.52. The molecule has 0 saturated heterocycles. The molecular weight excluding hydrogens is 310 g/mol. The third-order valence-electron chi connectivity index (χ3n) is 4.24. The van der Waals surface area contributed by atoms with Gasteiger partial charge < -0.3 is 11.5 Å². The van der Waals surface area contributed by atoms with E-state index in [1.54, 1.807) is 11.9 Å². The highest BCUT2D eigenvalue weighted by molar-refractivity contribution is 5.96. The van der Waals surface area contributed by atoms with Gasteiger partial charge in [0.1, 0.15) is 0 Å². The lowest BCUT2D eigenvalue weighted by atomic mass is 10.1. The molecule has 5 heteroatoms. The van der Waals surface area contributed by atoms with Crippen LogP contribution in [0.4, 0.5) is 0 Å². The molecule has 5 nitrogen and oxygen atoms in total. The van der Waals surface area contributed by atoms with E-state index in [4.69, 9.17) is 11.5 Å². The van der Waals surface area contributed by atoms with Crippen LogP contribution in [0.2, 0.25) is 0 Å². The zero-order chi connectivity index (χ0) is 18.3. The predicted molar refractivity (Wildman–Crippen MR) is 109 cm³/mol. The Hall–Kier alpha value is -2.04. The van der Waals surface area contributed by atoms with E-state index in [1.165, 1.54) is 44.9 Å². The molecule has 1 aromatic carbocycles. The Balaban J connectivity index is 2.23. The molecule has 0 amide bonds. The lowest BCUT2D eigenvalue weighted by Gasteiger charge is -2.17. The highest BCUT2D eigenvalue weighted by atomic mass is 15.3. The van der Waals surface area contributed by atoms with Crippen molar-refractivity contribution in [3.63, 3.8) is 0 Å². The number of nitrogens with two attached hydrogens (primary N) is 2. The number of unbranched alkanes of at least 4 members (excludes halogenated alkanes) is 7. The second kappa shape index (κ2) is 13.3. The SMILES string of the molecule is CCCCCCCCCCN=C(N)N(C)C(N)=NCc1ccccc1. The van der Waals surface area contributed by atoms with Crippen molar-refractivity contribution in [2.24, 2.45) is 21.5 Å². The van der Waals surface area contributed by atoms with Crippen molar-refractivity contribution in [3.05, 3.63) is 35.9 Å². The highest BCUT2D eigenvalue weighted by Crippen LogP contribution is 2.08. The first-order valence-electron chi connectivity index (χ1n) is 9.52. The number of rotatable bonds is 11. The average molecular weight is 346 g/mol. The standard InChI is InChI=1S/C20H35N5/c1-3-4-5-6-7-8-9-13-16-23-19(21)25(2)20(22)24-17-18-14-11-10-12-15-18/h10-12,14-15H,3-9,13,16-17H2,1-2H3,(H2,21,23)(H2,22,24). The fourth-order valence-corrected chi connectivity index (χ4v) is 2.52. The summed E-state index contributed by atoms with van der Waals surface area (Å²) in [7, 11) is 1.80. The number of hydrogen-bond acceptors (Lipinski definition) is 2. The maximum atomic E-state index is 6.00. The second-order valence-electron chi connectivity index (χ2n) is 6.43. The zero-order valence-corrected chi connectivity index (χ0v) is 16.0. The Kier molecular flexibility index (Phi) is 11.2. The summed E-state index contributed by atoms with van der Waals surface area (Å²) in [4.78, 5) is 10.4. The Bertz CT molecular complexity index is 510. The first kappa shape index (κ1) is 21.0.